The van der Waals surface area contributed by atoms with Crippen LogP contribution in [-0.4, -0.2) is 24.4 Å². The molecule has 0 aliphatic heterocycles. The fourth-order valence-electron chi connectivity index (χ4n) is 3.09. The van der Waals surface area contributed by atoms with E-state index in [2.05, 4.69) is 19.2 Å². The molecule has 2 rings (SSSR count). The lowest BCUT2D eigenvalue weighted by Gasteiger charge is -2.50. The Morgan fingerprint density at radius 3 is 2.32 bits per heavy atom. The van der Waals surface area contributed by atoms with Crippen LogP contribution in [0.15, 0.2) is 24.3 Å². The van der Waals surface area contributed by atoms with Crippen molar-refractivity contribution in [2.45, 2.75) is 45.1 Å². The zero-order chi connectivity index (χ0) is 13.9. The standard InChI is InChI=1S/C16H25NO2/c1-15(2)10-4-5-11-16(15,12-18)17-13-6-8-14(19-3)9-7-13/h6-9,17-18H,4-5,10-12H2,1-3H3. The topological polar surface area (TPSA) is 41.5 Å². The van der Waals surface area contributed by atoms with Crippen molar-refractivity contribution in [1.29, 1.82) is 0 Å². The first-order valence-electron chi connectivity index (χ1n) is 7.06. The molecular formula is C16H25NO2. The van der Waals surface area contributed by atoms with Gasteiger partial charge in [0, 0.05) is 5.69 Å². The van der Waals surface area contributed by atoms with Crippen molar-refractivity contribution in [2.24, 2.45) is 5.41 Å². The van der Waals surface area contributed by atoms with Gasteiger partial charge >= 0.3 is 0 Å². The maximum atomic E-state index is 9.95. The highest BCUT2D eigenvalue weighted by atomic mass is 16.5. The van der Waals surface area contributed by atoms with Crippen molar-refractivity contribution in [2.75, 3.05) is 19.0 Å². The zero-order valence-corrected chi connectivity index (χ0v) is 12.2. The lowest BCUT2D eigenvalue weighted by atomic mass is 9.63. The number of aliphatic hydroxyl groups excluding tert-OH is 1. The quantitative estimate of drug-likeness (QED) is 0.874. The van der Waals surface area contributed by atoms with Crippen LogP contribution >= 0.6 is 0 Å². The molecule has 1 saturated carbocycles. The predicted molar refractivity (Wildman–Crippen MR) is 78.7 cm³/mol. The molecule has 106 valence electrons. The number of anilines is 1. The normalized spacial score (nSPS) is 25.9. The molecule has 0 heterocycles. The number of nitrogens with one attached hydrogen (secondary N) is 1. The van der Waals surface area contributed by atoms with Crippen molar-refractivity contribution < 1.29 is 9.84 Å². The van der Waals surface area contributed by atoms with E-state index in [9.17, 15) is 5.11 Å². The van der Waals surface area contributed by atoms with Gasteiger partial charge in [0.15, 0.2) is 0 Å². The molecule has 0 spiro atoms. The summed E-state index contributed by atoms with van der Waals surface area (Å²) in [5.74, 6) is 0.853. The van der Waals surface area contributed by atoms with Crippen molar-refractivity contribution in [3.8, 4) is 5.75 Å². The first-order valence-corrected chi connectivity index (χ1v) is 7.06. The van der Waals surface area contributed by atoms with Crippen LogP contribution in [0.2, 0.25) is 0 Å². The predicted octanol–water partition coefficient (Wildman–Crippen LogP) is 3.44. The van der Waals surface area contributed by atoms with Gasteiger partial charge in [-0.25, -0.2) is 0 Å². The summed E-state index contributed by atoms with van der Waals surface area (Å²) >= 11 is 0. The first-order chi connectivity index (χ1) is 9.03. The van der Waals surface area contributed by atoms with Crippen LogP contribution < -0.4 is 10.1 Å². The number of aliphatic hydroxyl groups is 1. The van der Waals surface area contributed by atoms with Crippen LogP contribution in [0.5, 0.6) is 5.75 Å². The molecule has 0 saturated heterocycles. The van der Waals surface area contributed by atoms with Crippen LogP contribution in [0.3, 0.4) is 0 Å². The molecule has 1 aliphatic rings. The van der Waals surface area contributed by atoms with Gasteiger partial charge in [0.1, 0.15) is 5.75 Å². The minimum Gasteiger partial charge on any atom is -0.497 e. The highest BCUT2D eigenvalue weighted by Crippen LogP contribution is 2.45. The Hall–Kier alpha value is -1.22. The second kappa shape index (κ2) is 5.41. The Morgan fingerprint density at radius 2 is 1.79 bits per heavy atom. The number of hydrogen-bond acceptors (Lipinski definition) is 3. The average molecular weight is 263 g/mol. The lowest BCUT2D eigenvalue weighted by Crippen LogP contribution is -2.56. The van der Waals surface area contributed by atoms with Gasteiger partial charge in [0.25, 0.3) is 0 Å². The SMILES string of the molecule is COc1ccc(NC2(CO)CCCCC2(C)C)cc1. The van der Waals surface area contributed by atoms with E-state index in [0.29, 0.717) is 0 Å². The Balaban J connectivity index is 2.21. The number of rotatable bonds is 4. The Kier molecular flexibility index (Phi) is 4.04. The molecular weight excluding hydrogens is 238 g/mol. The van der Waals surface area contributed by atoms with Crippen LogP contribution in [0.4, 0.5) is 5.69 Å². The molecule has 0 bridgehead atoms. The van der Waals surface area contributed by atoms with Gasteiger partial charge in [-0.1, -0.05) is 26.7 Å². The fourth-order valence-corrected chi connectivity index (χ4v) is 3.09. The van der Waals surface area contributed by atoms with Gasteiger partial charge in [-0.15, -0.1) is 0 Å². The van der Waals surface area contributed by atoms with Gasteiger partial charge in [0.05, 0.1) is 19.3 Å². The van der Waals surface area contributed by atoms with E-state index in [4.69, 9.17) is 4.74 Å². The third-order valence-corrected chi connectivity index (χ3v) is 4.69. The first kappa shape index (κ1) is 14.2. The van der Waals surface area contributed by atoms with Crippen LogP contribution in [0.1, 0.15) is 39.5 Å². The number of benzene rings is 1. The van der Waals surface area contributed by atoms with Crippen molar-refractivity contribution in [3.05, 3.63) is 24.3 Å². The summed E-state index contributed by atoms with van der Waals surface area (Å²) < 4.78 is 5.17. The smallest absolute Gasteiger partial charge is 0.119 e. The number of methoxy groups -OCH3 is 1. The van der Waals surface area contributed by atoms with E-state index in [1.165, 1.54) is 12.8 Å². The molecule has 1 aromatic rings. The molecule has 1 fully saturated rings. The van der Waals surface area contributed by atoms with Gasteiger partial charge in [-0.05, 0) is 42.5 Å². The van der Waals surface area contributed by atoms with Crippen molar-refractivity contribution in [1.82, 2.24) is 0 Å². The van der Waals surface area contributed by atoms with Crippen molar-refractivity contribution in [3.63, 3.8) is 0 Å². The van der Waals surface area contributed by atoms with E-state index >= 15 is 0 Å². The van der Waals surface area contributed by atoms with Gasteiger partial charge in [-0.3, -0.25) is 0 Å². The summed E-state index contributed by atoms with van der Waals surface area (Å²) in [5.41, 5.74) is 0.921. The van der Waals surface area contributed by atoms with Crippen LogP contribution in [0, 0.1) is 5.41 Å². The third kappa shape index (κ3) is 2.71. The molecule has 19 heavy (non-hydrogen) atoms. The van der Waals surface area contributed by atoms with Crippen LogP contribution in [0.25, 0.3) is 0 Å². The summed E-state index contributed by atoms with van der Waals surface area (Å²) in [6.45, 7) is 4.67. The van der Waals surface area contributed by atoms with Gasteiger partial charge < -0.3 is 15.2 Å². The Labute approximate surface area is 116 Å². The minimum atomic E-state index is -0.222. The summed E-state index contributed by atoms with van der Waals surface area (Å²) in [6.07, 6.45) is 4.59. The van der Waals surface area contributed by atoms with E-state index < -0.39 is 0 Å². The Bertz CT molecular complexity index is 413. The average Bonchev–Trinajstić information content (AvgIpc) is 2.42. The maximum Gasteiger partial charge on any atom is 0.119 e. The molecule has 3 heteroatoms. The molecule has 1 unspecified atom stereocenters. The second-order valence-corrected chi connectivity index (χ2v) is 6.18. The molecule has 0 radical (unpaired) electrons. The van der Waals surface area contributed by atoms with E-state index in [1.807, 2.05) is 24.3 Å². The van der Waals surface area contributed by atoms with Gasteiger partial charge in [0.2, 0.25) is 0 Å². The molecule has 1 atom stereocenters. The summed E-state index contributed by atoms with van der Waals surface area (Å²) in [7, 11) is 1.67. The molecule has 1 aliphatic carbocycles. The van der Waals surface area contributed by atoms with Crippen molar-refractivity contribution >= 4 is 5.69 Å². The zero-order valence-electron chi connectivity index (χ0n) is 12.2. The molecule has 3 nitrogen and oxygen atoms in total. The highest BCUT2D eigenvalue weighted by molar-refractivity contribution is 5.49. The molecule has 0 aromatic heterocycles. The third-order valence-electron chi connectivity index (χ3n) is 4.69. The van der Waals surface area contributed by atoms with E-state index in [-0.39, 0.29) is 17.6 Å². The van der Waals surface area contributed by atoms with E-state index in [1.54, 1.807) is 7.11 Å². The maximum absolute atomic E-state index is 9.95. The lowest BCUT2D eigenvalue weighted by molar-refractivity contribution is 0.0580. The van der Waals surface area contributed by atoms with E-state index in [0.717, 1.165) is 24.3 Å². The number of ether oxygens (including phenoxy) is 1. The summed E-state index contributed by atoms with van der Waals surface area (Å²) in [5, 5.41) is 13.5. The fraction of sp³-hybridized carbons (Fsp3) is 0.625. The molecule has 2 N–H and O–H groups in total. The largest absolute Gasteiger partial charge is 0.497 e. The molecule has 1 aromatic carbocycles. The summed E-state index contributed by atoms with van der Waals surface area (Å²) in [6, 6.07) is 7.92. The molecule has 0 amide bonds. The van der Waals surface area contributed by atoms with Crippen LogP contribution in [-0.2, 0) is 0 Å². The monoisotopic (exact) mass is 263 g/mol. The number of hydrogen-bond donors (Lipinski definition) is 2. The van der Waals surface area contributed by atoms with Gasteiger partial charge in [-0.2, -0.15) is 0 Å². The minimum absolute atomic E-state index is 0.0972. The highest BCUT2D eigenvalue weighted by Gasteiger charge is 2.46. The second-order valence-electron chi connectivity index (χ2n) is 6.18. The summed E-state index contributed by atoms with van der Waals surface area (Å²) in [4.78, 5) is 0. The Morgan fingerprint density at radius 1 is 1.16 bits per heavy atom.